The molecule has 8 heteroatoms. The highest BCUT2D eigenvalue weighted by atomic mass is 32.2. The summed E-state index contributed by atoms with van der Waals surface area (Å²) in [6, 6.07) is 2.09. The molecular weight excluding hydrogens is 267 g/mol. The van der Waals surface area contributed by atoms with Gasteiger partial charge in [-0.15, -0.1) is 4.36 Å². The van der Waals surface area contributed by atoms with E-state index >= 15 is 0 Å². The molecule has 0 saturated heterocycles. The van der Waals surface area contributed by atoms with Gasteiger partial charge in [-0.25, -0.2) is 0 Å². The summed E-state index contributed by atoms with van der Waals surface area (Å²) in [5.74, 6) is 0. The zero-order valence-corrected chi connectivity index (χ0v) is 10.2. The first-order valence-electron chi connectivity index (χ1n) is 4.95. The van der Waals surface area contributed by atoms with Crippen LogP contribution in [0, 0.1) is 11.5 Å². The third-order valence-electron chi connectivity index (χ3n) is 2.21. The Kier molecular flexibility index (Phi) is 4.81. The van der Waals surface area contributed by atoms with Crippen LogP contribution < -0.4 is 0 Å². The lowest BCUT2D eigenvalue weighted by Crippen LogP contribution is -2.10. The second-order valence-corrected chi connectivity index (χ2v) is 4.69. The number of hydrogen-bond acceptors (Lipinski definition) is 3. The van der Waals surface area contributed by atoms with Gasteiger partial charge in [0.2, 0.25) is 6.19 Å². The van der Waals surface area contributed by atoms with Gasteiger partial charge in [-0.3, -0.25) is 4.98 Å². The molecule has 0 aliphatic carbocycles. The molecule has 1 rings (SSSR count). The SMILES string of the molecule is CC[C@H](c1ccc(C(F)(F)F)nc1)[S@@](O)=NC#N. The first-order valence-corrected chi connectivity index (χ1v) is 6.15. The van der Waals surface area contributed by atoms with E-state index < -0.39 is 28.1 Å². The molecular formula is C10H10F3N3OS. The highest BCUT2D eigenvalue weighted by Gasteiger charge is 2.32. The molecule has 4 nitrogen and oxygen atoms in total. The standard InChI is InChI=1S/C10H10F3N3OS/c1-2-8(18(17)16-6-14)7-3-4-9(15-5-7)10(11,12)13/h3-5,8H,2H2,1H3,(H,16,17)/t8-,18-/m1/s1. The Morgan fingerprint density at radius 3 is 2.61 bits per heavy atom. The van der Waals surface area contributed by atoms with Gasteiger partial charge >= 0.3 is 6.18 Å². The van der Waals surface area contributed by atoms with Crippen molar-refractivity contribution in [3.05, 3.63) is 29.6 Å². The number of hydrogen-bond donors (Lipinski definition) is 1. The lowest BCUT2D eigenvalue weighted by Gasteiger charge is -2.14. The predicted octanol–water partition coefficient (Wildman–Crippen LogP) is 3.31. The maximum absolute atomic E-state index is 12.3. The number of halogens is 3. The van der Waals surface area contributed by atoms with Crippen LogP contribution in [-0.4, -0.2) is 9.54 Å². The summed E-state index contributed by atoms with van der Waals surface area (Å²) in [7, 11) is -1.54. The maximum atomic E-state index is 12.3. The maximum Gasteiger partial charge on any atom is 0.433 e. The molecule has 0 radical (unpaired) electrons. The number of aromatic nitrogens is 1. The minimum Gasteiger partial charge on any atom is -0.320 e. The summed E-state index contributed by atoms with van der Waals surface area (Å²) in [4.78, 5) is 3.31. The molecule has 0 unspecified atom stereocenters. The summed E-state index contributed by atoms with van der Waals surface area (Å²) >= 11 is 0. The van der Waals surface area contributed by atoms with Crippen molar-refractivity contribution < 1.29 is 17.7 Å². The van der Waals surface area contributed by atoms with Crippen LogP contribution in [0.4, 0.5) is 13.2 Å². The molecule has 2 atom stereocenters. The van der Waals surface area contributed by atoms with Crippen molar-refractivity contribution >= 4 is 11.0 Å². The number of rotatable bonds is 3. The topological polar surface area (TPSA) is 69.3 Å². The van der Waals surface area contributed by atoms with E-state index in [9.17, 15) is 17.7 Å². The Balaban J connectivity index is 3.04. The van der Waals surface area contributed by atoms with Crippen molar-refractivity contribution in [1.29, 1.82) is 5.26 Å². The largest absolute Gasteiger partial charge is 0.433 e. The van der Waals surface area contributed by atoms with Crippen molar-refractivity contribution in [1.82, 2.24) is 4.98 Å². The Bertz CT molecular complexity index is 479. The molecule has 1 N–H and O–H groups in total. The molecule has 1 heterocycles. The van der Waals surface area contributed by atoms with Gasteiger partial charge < -0.3 is 4.55 Å². The van der Waals surface area contributed by atoms with E-state index in [4.69, 9.17) is 5.26 Å². The van der Waals surface area contributed by atoms with E-state index in [1.165, 1.54) is 12.3 Å². The third kappa shape index (κ3) is 3.51. The van der Waals surface area contributed by atoms with Gasteiger partial charge in [0.1, 0.15) is 5.69 Å². The zero-order valence-electron chi connectivity index (χ0n) is 9.35. The molecule has 0 bridgehead atoms. The van der Waals surface area contributed by atoms with Gasteiger partial charge in [0, 0.05) is 6.20 Å². The van der Waals surface area contributed by atoms with Crippen LogP contribution >= 0.6 is 0 Å². The smallest absolute Gasteiger partial charge is 0.320 e. The van der Waals surface area contributed by atoms with E-state index in [0.717, 1.165) is 12.3 Å². The predicted molar refractivity (Wildman–Crippen MR) is 60.3 cm³/mol. The summed E-state index contributed by atoms with van der Waals surface area (Å²) in [5, 5.41) is 7.83. The van der Waals surface area contributed by atoms with E-state index in [-0.39, 0.29) is 0 Å². The van der Waals surface area contributed by atoms with E-state index in [0.29, 0.717) is 12.0 Å². The number of alkyl halides is 3. The van der Waals surface area contributed by atoms with E-state index in [1.807, 2.05) is 0 Å². The average Bonchev–Trinajstić information content (AvgIpc) is 2.30. The summed E-state index contributed by atoms with van der Waals surface area (Å²) in [6.45, 7) is 1.74. The van der Waals surface area contributed by atoms with Crippen LogP contribution in [0.3, 0.4) is 0 Å². The van der Waals surface area contributed by atoms with Crippen molar-refractivity contribution in [3.63, 3.8) is 0 Å². The van der Waals surface area contributed by atoms with Gasteiger partial charge in [0.15, 0.2) is 0 Å². The highest BCUT2D eigenvalue weighted by Crippen LogP contribution is 2.29. The van der Waals surface area contributed by atoms with Crippen molar-refractivity contribution in [2.45, 2.75) is 24.8 Å². The zero-order chi connectivity index (χ0) is 13.8. The normalized spacial score (nSPS) is 15.1. The summed E-state index contributed by atoms with van der Waals surface area (Å²) < 4.78 is 49.8. The van der Waals surface area contributed by atoms with Crippen LogP contribution in [0.15, 0.2) is 22.7 Å². The van der Waals surface area contributed by atoms with Gasteiger partial charge in [-0.05, 0) is 18.1 Å². The molecule has 0 aliphatic heterocycles. The van der Waals surface area contributed by atoms with Crippen molar-refractivity contribution in [2.24, 2.45) is 4.36 Å². The average molecular weight is 277 g/mol. The Morgan fingerprint density at radius 2 is 2.22 bits per heavy atom. The van der Waals surface area contributed by atoms with Gasteiger partial charge in [0.25, 0.3) is 0 Å². The van der Waals surface area contributed by atoms with Crippen molar-refractivity contribution in [2.75, 3.05) is 0 Å². The molecule has 0 saturated carbocycles. The van der Waals surface area contributed by atoms with Crippen molar-refractivity contribution in [3.8, 4) is 6.19 Å². The van der Waals surface area contributed by atoms with Crippen LogP contribution in [0.2, 0.25) is 0 Å². The molecule has 1 aromatic heterocycles. The second-order valence-electron chi connectivity index (χ2n) is 3.36. The fourth-order valence-corrected chi connectivity index (χ4v) is 2.27. The fraction of sp³-hybridized carbons (Fsp3) is 0.400. The molecule has 0 amide bonds. The Hall–Kier alpha value is -1.46. The lowest BCUT2D eigenvalue weighted by molar-refractivity contribution is -0.141. The summed E-state index contributed by atoms with van der Waals surface area (Å²) in [5.41, 5.74) is -0.563. The molecule has 18 heavy (non-hydrogen) atoms. The lowest BCUT2D eigenvalue weighted by atomic mass is 10.1. The Morgan fingerprint density at radius 1 is 1.56 bits per heavy atom. The molecule has 0 spiro atoms. The number of pyridine rings is 1. The molecule has 98 valence electrons. The molecule has 1 aromatic rings. The van der Waals surface area contributed by atoms with Crippen LogP contribution in [-0.2, 0) is 17.1 Å². The first kappa shape index (κ1) is 14.6. The van der Waals surface area contributed by atoms with Gasteiger partial charge in [0.05, 0.1) is 16.2 Å². The third-order valence-corrected chi connectivity index (χ3v) is 3.59. The molecule has 0 aliphatic rings. The molecule has 0 aromatic carbocycles. The second kappa shape index (κ2) is 5.93. The van der Waals surface area contributed by atoms with E-state index in [1.54, 1.807) is 6.92 Å². The van der Waals surface area contributed by atoms with Crippen LogP contribution in [0.5, 0.6) is 0 Å². The highest BCUT2D eigenvalue weighted by molar-refractivity contribution is 7.82. The molecule has 0 fully saturated rings. The first-order chi connectivity index (χ1) is 8.40. The van der Waals surface area contributed by atoms with Gasteiger partial charge in [-0.1, -0.05) is 13.0 Å². The minimum atomic E-state index is -4.49. The minimum absolute atomic E-state index is 0.426. The van der Waals surface area contributed by atoms with Gasteiger partial charge in [-0.2, -0.15) is 18.4 Å². The summed E-state index contributed by atoms with van der Waals surface area (Å²) in [6.07, 6.45) is -1.52. The number of nitrogens with zero attached hydrogens (tertiary/aromatic N) is 3. The van der Waals surface area contributed by atoms with E-state index in [2.05, 4.69) is 9.35 Å². The van der Waals surface area contributed by atoms with Crippen LogP contribution in [0.25, 0.3) is 0 Å². The monoisotopic (exact) mass is 277 g/mol. The fourth-order valence-electron chi connectivity index (χ4n) is 1.38. The quantitative estimate of drug-likeness (QED) is 0.862. The number of nitriles is 1. The Labute approximate surface area is 104 Å². The van der Waals surface area contributed by atoms with Crippen LogP contribution in [0.1, 0.15) is 29.9 Å².